The molecule has 4 atom stereocenters. The van der Waals surface area contributed by atoms with E-state index in [-0.39, 0.29) is 42.0 Å². The van der Waals surface area contributed by atoms with Gasteiger partial charge < -0.3 is 41.1 Å². The Hall–Kier alpha value is -4.55. The summed E-state index contributed by atoms with van der Waals surface area (Å²) < 4.78 is 6.11. The monoisotopic (exact) mass is 634 g/mol. The van der Waals surface area contributed by atoms with E-state index in [0.717, 1.165) is 5.56 Å². The molecule has 0 spiro atoms. The zero-order valence-corrected chi connectivity index (χ0v) is 27.1. The van der Waals surface area contributed by atoms with Crippen LogP contribution < -0.4 is 20.7 Å². The van der Waals surface area contributed by atoms with Gasteiger partial charge in [-0.1, -0.05) is 18.2 Å². The van der Waals surface area contributed by atoms with Crippen LogP contribution in [0.1, 0.15) is 43.9 Å². The molecule has 0 saturated heterocycles. The van der Waals surface area contributed by atoms with Gasteiger partial charge in [-0.2, -0.15) is 0 Å². The summed E-state index contributed by atoms with van der Waals surface area (Å²) in [6.45, 7) is 6.10. The number of amides is 1. The molecule has 0 aliphatic heterocycles. The van der Waals surface area contributed by atoms with Gasteiger partial charge in [0.25, 0.3) is 5.91 Å². The Morgan fingerprint density at radius 1 is 1.11 bits per heavy atom. The molecular formula is C34H42N4O8. The molecule has 12 nitrogen and oxygen atoms in total. The van der Waals surface area contributed by atoms with E-state index in [2.05, 4.69) is 5.32 Å². The largest absolute Gasteiger partial charge is 0.508 e. The molecule has 0 bridgehead atoms. The zero-order valence-electron chi connectivity index (χ0n) is 27.1. The van der Waals surface area contributed by atoms with Crippen LogP contribution in [0.3, 0.4) is 0 Å². The Kier molecular flexibility index (Phi) is 8.11. The number of rotatable bonds is 7. The molecular weight excluding hydrogens is 592 g/mol. The van der Waals surface area contributed by atoms with Crippen LogP contribution in [0.15, 0.2) is 47.2 Å². The minimum atomic E-state index is -2.70. The number of aromatic hydroxyl groups is 1. The summed E-state index contributed by atoms with van der Waals surface area (Å²) in [7, 11) is 6.77. The number of nitrogens with one attached hydrogen (secondary N) is 1. The number of carbonyl (C=O) groups is 3. The Labute approximate surface area is 267 Å². The van der Waals surface area contributed by atoms with E-state index in [9.17, 15) is 34.8 Å². The summed E-state index contributed by atoms with van der Waals surface area (Å²) in [5, 5.41) is 49.5. The highest BCUT2D eigenvalue weighted by molar-refractivity contribution is 6.24. The number of ether oxygens (including phenoxy) is 1. The number of nitrogens with two attached hydrogens (primary N) is 1. The minimum absolute atomic E-state index is 0.0178. The number of ketones is 2. The Morgan fingerprint density at radius 2 is 1.76 bits per heavy atom. The lowest BCUT2D eigenvalue weighted by molar-refractivity contribution is -0.153. The molecule has 7 N–H and O–H groups in total. The van der Waals surface area contributed by atoms with E-state index in [4.69, 9.17) is 10.5 Å². The first-order chi connectivity index (χ1) is 21.4. The first kappa shape index (κ1) is 32.8. The predicted octanol–water partition coefficient (Wildman–Crippen LogP) is 2.82. The maximum atomic E-state index is 14.2. The number of phenols is 1. The number of nitrogens with zero attached hydrogens (tertiary/aromatic N) is 2. The number of primary amides is 1. The highest BCUT2D eigenvalue weighted by Crippen LogP contribution is 2.54. The molecule has 0 unspecified atom stereocenters. The van der Waals surface area contributed by atoms with Crippen LogP contribution in [0.4, 0.5) is 11.4 Å². The Balaban J connectivity index is 1.63. The van der Waals surface area contributed by atoms with Crippen molar-refractivity contribution in [3.05, 3.63) is 63.9 Å². The summed E-state index contributed by atoms with van der Waals surface area (Å²) in [6.07, 6.45) is 0.210. The van der Waals surface area contributed by atoms with Gasteiger partial charge in [-0.25, -0.2) is 0 Å². The van der Waals surface area contributed by atoms with Crippen molar-refractivity contribution in [1.29, 1.82) is 0 Å². The number of Topliss-reactive ketones (excluding diaryl/α,β-unsaturated/α-hetero) is 2. The molecule has 0 aromatic heterocycles. The third-order valence-corrected chi connectivity index (χ3v) is 9.04. The van der Waals surface area contributed by atoms with Gasteiger partial charge in [0.2, 0.25) is 5.78 Å². The van der Waals surface area contributed by atoms with Crippen LogP contribution >= 0.6 is 0 Å². The Bertz CT molecular complexity index is 1700. The molecule has 2 aromatic rings. The third-order valence-electron chi connectivity index (χ3n) is 9.04. The lowest BCUT2D eigenvalue weighted by atomic mass is 9.57. The van der Waals surface area contributed by atoms with Crippen molar-refractivity contribution in [1.82, 2.24) is 4.90 Å². The quantitative estimate of drug-likeness (QED) is 0.194. The molecule has 0 heterocycles. The second kappa shape index (κ2) is 11.4. The summed E-state index contributed by atoms with van der Waals surface area (Å²) in [4.78, 5) is 43.1. The van der Waals surface area contributed by atoms with Crippen LogP contribution in [0.5, 0.6) is 11.5 Å². The van der Waals surface area contributed by atoms with Crippen LogP contribution in [0.25, 0.3) is 5.76 Å². The standard InChI is InChI=1S/C34H42N4O8/c1-33(2,3)46-22-11-9-8-10-16(22)15-36-20-14-21(37(4)5)18-12-17-13-19-26(38(6)7)29(41)25(32(35)44)31(43)34(19,45)30(42)23(17)28(40)24(18)27(20)39/h8-11,14,17,19,26,36,39-40,43,45H,12-13,15H2,1-7H3,(H2,35,44)/t17-,19+,26-,34+/m1/s1. The van der Waals surface area contributed by atoms with Gasteiger partial charge in [-0.15, -0.1) is 0 Å². The predicted molar refractivity (Wildman–Crippen MR) is 173 cm³/mol. The summed E-state index contributed by atoms with van der Waals surface area (Å²) in [5.74, 6) is -6.22. The summed E-state index contributed by atoms with van der Waals surface area (Å²) in [6, 6.07) is 8.12. The molecule has 5 rings (SSSR count). The van der Waals surface area contributed by atoms with Crippen LogP contribution in [0.2, 0.25) is 0 Å². The number of para-hydroxylation sites is 1. The van der Waals surface area contributed by atoms with Gasteiger partial charge in [0.05, 0.1) is 17.3 Å². The second-order valence-corrected chi connectivity index (χ2v) is 13.7. The maximum absolute atomic E-state index is 14.2. The zero-order chi connectivity index (χ0) is 34.0. The molecule has 1 fully saturated rings. The van der Waals surface area contributed by atoms with E-state index < -0.39 is 63.6 Å². The van der Waals surface area contributed by atoms with Crippen LogP contribution in [-0.2, 0) is 27.3 Å². The Morgan fingerprint density at radius 3 is 2.35 bits per heavy atom. The SMILES string of the molecule is CN(C)c1cc(NCc2ccccc2OC(C)(C)C)c(O)c2c1C[C@@H]1C[C@H]3[C@@H](N(C)C)C(=O)C(C(N)=O)=C(O)[C@@]3(O)C(=O)C1=C2O. The van der Waals surface area contributed by atoms with Crippen molar-refractivity contribution in [2.24, 2.45) is 17.6 Å². The second-order valence-electron chi connectivity index (χ2n) is 13.7. The minimum Gasteiger partial charge on any atom is -0.508 e. The van der Waals surface area contributed by atoms with Crippen molar-refractivity contribution in [2.45, 2.75) is 57.4 Å². The van der Waals surface area contributed by atoms with E-state index in [1.807, 2.05) is 64.0 Å². The number of fused-ring (bicyclic) bond motifs is 3. The summed E-state index contributed by atoms with van der Waals surface area (Å²) in [5.41, 5.74) is 3.62. The topological polar surface area (TPSA) is 186 Å². The fourth-order valence-electron chi connectivity index (χ4n) is 7.10. The number of phenolic OH excluding ortho intramolecular Hbond substituents is 1. The van der Waals surface area contributed by atoms with Crippen LogP contribution in [-0.4, -0.2) is 88.2 Å². The molecule has 1 amide bonds. The average molecular weight is 635 g/mol. The van der Waals surface area contributed by atoms with E-state index >= 15 is 0 Å². The highest BCUT2D eigenvalue weighted by Gasteiger charge is 2.64. The lowest BCUT2D eigenvalue weighted by Gasteiger charge is -2.50. The van der Waals surface area contributed by atoms with Gasteiger partial charge in [-0.05, 0) is 71.3 Å². The molecule has 46 heavy (non-hydrogen) atoms. The highest BCUT2D eigenvalue weighted by atomic mass is 16.5. The fourth-order valence-corrected chi connectivity index (χ4v) is 7.10. The number of hydrogen-bond donors (Lipinski definition) is 6. The number of likely N-dealkylation sites (N-methyl/N-ethyl adjacent to an activating group) is 1. The van der Waals surface area contributed by atoms with E-state index in [1.54, 1.807) is 20.2 Å². The van der Waals surface area contributed by atoms with Crippen molar-refractivity contribution < 1.29 is 39.5 Å². The first-order valence-electron chi connectivity index (χ1n) is 15.1. The molecule has 0 radical (unpaired) electrons. The fraction of sp³-hybridized carbons (Fsp3) is 0.441. The normalized spacial score (nSPS) is 24.4. The molecule has 246 valence electrons. The number of carbonyl (C=O) groups excluding carboxylic acids is 3. The number of aliphatic hydroxyl groups excluding tert-OH is 2. The molecule has 2 aromatic carbocycles. The van der Waals surface area contributed by atoms with Crippen molar-refractivity contribution in [2.75, 3.05) is 38.4 Å². The van der Waals surface area contributed by atoms with Crippen molar-refractivity contribution >= 4 is 34.6 Å². The lowest BCUT2D eigenvalue weighted by Crippen LogP contribution is -2.65. The third kappa shape index (κ3) is 5.15. The van der Waals surface area contributed by atoms with Crippen LogP contribution in [0, 0.1) is 11.8 Å². The van der Waals surface area contributed by atoms with E-state index in [1.165, 1.54) is 4.90 Å². The molecule has 3 aliphatic carbocycles. The number of benzene rings is 2. The number of anilines is 2. The molecule has 12 heteroatoms. The van der Waals surface area contributed by atoms with Crippen molar-refractivity contribution in [3.8, 4) is 11.5 Å². The van der Waals surface area contributed by atoms with E-state index in [0.29, 0.717) is 17.0 Å². The van der Waals surface area contributed by atoms with Gasteiger partial charge >= 0.3 is 0 Å². The van der Waals surface area contributed by atoms with Gasteiger partial charge in [0.1, 0.15) is 34.2 Å². The molecule has 3 aliphatic rings. The first-order valence-corrected chi connectivity index (χ1v) is 15.1. The van der Waals surface area contributed by atoms with Crippen molar-refractivity contribution in [3.63, 3.8) is 0 Å². The average Bonchev–Trinajstić information content (AvgIpc) is 2.94. The van der Waals surface area contributed by atoms with Gasteiger partial charge in [0, 0.05) is 43.4 Å². The maximum Gasteiger partial charge on any atom is 0.255 e. The summed E-state index contributed by atoms with van der Waals surface area (Å²) >= 11 is 0. The van der Waals surface area contributed by atoms with Gasteiger partial charge in [0.15, 0.2) is 11.4 Å². The number of aliphatic hydroxyl groups is 3. The molecule has 1 saturated carbocycles. The number of hydrogen-bond acceptors (Lipinski definition) is 11. The smallest absolute Gasteiger partial charge is 0.255 e. The van der Waals surface area contributed by atoms with Gasteiger partial charge in [-0.3, -0.25) is 19.3 Å².